The summed E-state index contributed by atoms with van der Waals surface area (Å²) in [6, 6.07) is 8.24. The third kappa shape index (κ3) is 3.53. The zero-order valence-electron chi connectivity index (χ0n) is 14.7. The van der Waals surface area contributed by atoms with Gasteiger partial charge in [-0.05, 0) is 44.0 Å². The Bertz CT molecular complexity index is 866. The fourth-order valence-electron chi connectivity index (χ4n) is 3.47. The molecule has 26 heavy (non-hydrogen) atoms. The molecule has 0 spiro atoms. The Kier molecular flexibility index (Phi) is 4.79. The average Bonchev–Trinajstić information content (AvgIpc) is 3.42. The standard InChI is InChI=1S/C19H21N5OS/c1-14-6-8-17(26-14)11-24(16-4-2-3-5-16)19(25)15-7-9-18(20-10-15)23-12-21-22-13-23/h6-10,12-13,16H,2-5,11H2,1H3. The van der Waals surface area contributed by atoms with Crippen molar-refractivity contribution in [1.29, 1.82) is 0 Å². The van der Waals surface area contributed by atoms with Crippen molar-refractivity contribution in [2.45, 2.75) is 45.2 Å². The summed E-state index contributed by atoms with van der Waals surface area (Å²) < 4.78 is 1.72. The molecule has 1 amide bonds. The summed E-state index contributed by atoms with van der Waals surface area (Å²) in [7, 11) is 0. The van der Waals surface area contributed by atoms with Gasteiger partial charge in [-0.2, -0.15) is 0 Å². The van der Waals surface area contributed by atoms with Crippen molar-refractivity contribution in [1.82, 2.24) is 24.6 Å². The fraction of sp³-hybridized carbons (Fsp3) is 0.368. The van der Waals surface area contributed by atoms with Crippen molar-refractivity contribution in [3.8, 4) is 5.82 Å². The first-order valence-corrected chi connectivity index (χ1v) is 9.70. The van der Waals surface area contributed by atoms with Crippen LogP contribution in [0.2, 0.25) is 0 Å². The summed E-state index contributed by atoms with van der Waals surface area (Å²) in [4.78, 5) is 22.1. The largest absolute Gasteiger partial charge is 0.330 e. The van der Waals surface area contributed by atoms with E-state index in [1.807, 2.05) is 17.0 Å². The highest BCUT2D eigenvalue weighted by molar-refractivity contribution is 7.11. The minimum atomic E-state index is 0.0609. The molecule has 6 nitrogen and oxygen atoms in total. The summed E-state index contributed by atoms with van der Waals surface area (Å²) in [5.74, 6) is 0.763. The normalized spacial score (nSPS) is 14.7. The molecule has 134 valence electrons. The Balaban J connectivity index is 1.57. The van der Waals surface area contributed by atoms with Crippen LogP contribution in [0.5, 0.6) is 0 Å². The van der Waals surface area contributed by atoms with Gasteiger partial charge in [-0.1, -0.05) is 12.8 Å². The first kappa shape index (κ1) is 16.9. The summed E-state index contributed by atoms with van der Waals surface area (Å²) in [6.07, 6.45) is 9.40. The second kappa shape index (κ2) is 7.37. The van der Waals surface area contributed by atoms with Gasteiger partial charge in [0.15, 0.2) is 0 Å². The molecule has 0 radical (unpaired) electrons. The van der Waals surface area contributed by atoms with Gasteiger partial charge in [0, 0.05) is 22.0 Å². The van der Waals surface area contributed by atoms with Crippen LogP contribution in [0.15, 0.2) is 43.1 Å². The molecule has 0 atom stereocenters. The predicted octanol–water partition coefficient (Wildman–Crippen LogP) is 3.62. The maximum absolute atomic E-state index is 13.2. The first-order valence-electron chi connectivity index (χ1n) is 8.88. The Labute approximate surface area is 156 Å². The molecule has 3 aromatic rings. The van der Waals surface area contributed by atoms with E-state index in [-0.39, 0.29) is 5.91 Å². The molecule has 1 saturated carbocycles. The molecule has 0 aliphatic heterocycles. The van der Waals surface area contributed by atoms with E-state index in [1.54, 1.807) is 34.8 Å². The maximum Gasteiger partial charge on any atom is 0.255 e. The lowest BCUT2D eigenvalue weighted by atomic mass is 10.1. The molecule has 1 aliphatic carbocycles. The van der Waals surface area contributed by atoms with E-state index in [2.05, 4.69) is 34.2 Å². The van der Waals surface area contributed by atoms with Crippen LogP contribution in [-0.4, -0.2) is 36.6 Å². The molecule has 3 heterocycles. The fourth-order valence-corrected chi connectivity index (χ4v) is 4.36. The molecule has 0 saturated heterocycles. The number of amides is 1. The highest BCUT2D eigenvalue weighted by atomic mass is 32.1. The first-order chi connectivity index (χ1) is 12.7. The molecular weight excluding hydrogens is 346 g/mol. The lowest BCUT2D eigenvalue weighted by Gasteiger charge is -2.28. The zero-order valence-corrected chi connectivity index (χ0v) is 15.5. The molecule has 4 rings (SSSR count). The van der Waals surface area contributed by atoms with E-state index in [4.69, 9.17) is 0 Å². The van der Waals surface area contributed by atoms with Gasteiger partial charge in [0.1, 0.15) is 18.5 Å². The van der Waals surface area contributed by atoms with Crippen LogP contribution in [0.25, 0.3) is 5.82 Å². The quantitative estimate of drug-likeness (QED) is 0.691. The lowest BCUT2D eigenvalue weighted by molar-refractivity contribution is 0.0666. The Hall–Kier alpha value is -2.54. The van der Waals surface area contributed by atoms with Crippen molar-refractivity contribution >= 4 is 17.2 Å². The molecule has 0 bridgehead atoms. The van der Waals surface area contributed by atoms with Crippen LogP contribution in [0.3, 0.4) is 0 Å². The SMILES string of the molecule is Cc1ccc(CN(C(=O)c2ccc(-n3cnnc3)nc2)C2CCCC2)s1. The van der Waals surface area contributed by atoms with Crippen molar-refractivity contribution in [2.24, 2.45) is 0 Å². The van der Waals surface area contributed by atoms with Gasteiger partial charge >= 0.3 is 0 Å². The molecule has 0 N–H and O–H groups in total. The number of carbonyl (C=O) groups is 1. The van der Waals surface area contributed by atoms with E-state index < -0.39 is 0 Å². The van der Waals surface area contributed by atoms with Crippen LogP contribution < -0.4 is 0 Å². The molecule has 0 aromatic carbocycles. The van der Waals surface area contributed by atoms with E-state index >= 15 is 0 Å². The number of nitrogens with zero attached hydrogens (tertiary/aromatic N) is 5. The van der Waals surface area contributed by atoms with Gasteiger partial charge in [-0.25, -0.2) is 4.98 Å². The average molecular weight is 367 g/mol. The minimum absolute atomic E-state index is 0.0609. The van der Waals surface area contributed by atoms with Crippen LogP contribution in [0.4, 0.5) is 0 Å². The number of carbonyl (C=O) groups excluding carboxylic acids is 1. The van der Waals surface area contributed by atoms with Crippen molar-refractivity contribution in [3.05, 3.63) is 58.4 Å². The molecule has 0 unspecified atom stereocenters. The monoisotopic (exact) mass is 367 g/mol. The molecule has 1 aliphatic rings. The highest BCUT2D eigenvalue weighted by Gasteiger charge is 2.28. The molecule has 1 fully saturated rings. The zero-order chi connectivity index (χ0) is 17.9. The number of aryl methyl sites for hydroxylation is 1. The summed E-state index contributed by atoms with van der Waals surface area (Å²) in [6.45, 7) is 2.78. The van der Waals surface area contributed by atoms with E-state index in [1.165, 1.54) is 22.6 Å². The number of rotatable bonds is 5. The highest BCUT2D eigenvalue weighted by Crippen LogP contribution is 2.28. The van der Waals surface area contributed by atoms with E-state index in [0.717, 1.165) is 12.8 Å². The second-order valence-corrected chi connectivity index (χ2v) is 8.03. The van der Waals surface area contributed by atoms with Gasteiger partial charge in [-0.3, -0.25) is 9.36 Å². The van der Waals surface area contributed by atoms with Gasteiger partial charge in [0.2, 0.25) is 0 Å². The lowest BCUT2D eigenvalue weighted by Crippen LogP contribution is -2.38. The van der Waals surface area contributed by atoms with Gasteiger partial charge in [-0.15, -0.1) is 21.5 Å². The Morgan fingerprint density at radius 1 is 1.19 bits per heavy atom. The van der Waals surface area contributed by atoms with Gasteiger partial charge in [0.05, 0.1) is 12.1 Å². The predicted molar refractivity (Wildman–Crippen MR) is 100 cm³/mol. The number of pyridine rings is 1. The van der Waals surface area contributed by atoms with Gasteiger partial charge < -0.3 is 4.90 Å². The number of hydrogen-bond donors (Lipinski definition) is 0. The smallest absolute Gasteiger partial charge is 0.255 e. The van der Waals surface area contributed by atoms with Crippen molar-refractivity contribution in [2.75, 3.05) is 0 Å². The van der Waals surface area contributed by atoms with Gasteiger partial charge in [0.25, 0.3) is 5.91 Å². The second-order valence-electron chi connectivity index (χ2n) is 6.66. The Morgan fingerprint density at radius 3 is 2.58 bits per heavy atom. The third-order valence-electron chi connectivity index (χ3n) is 4.83. The van der Waals surface area contributed by atoms with E-state index in [9.17, 15) is 4.79 Å². The number of thiophene rings is 1. The molecular formula is C19H21N5OS. The number of aromatic nitrogens is 4. The summed E-state index contributed by atoms with van der Waals surface area (Å²) in [5, 5.41) is 7.57. The third-order valence-corrected chi connectivity index (χ3v) is 5.81. The van der Waals surface area contributed by atoms with Crippen LogP contribution in [0.1, 0.15) is 45.8 Å². The molecule has 3 aromatic heterocycles. The van der Waals surface area contributed by atoms with Crippen LogP contribution >= 0.6 is 11.3 Å². The summed E-state index contributed by atoms with van der Waals surface area (Å²) in [5.41, 5.74) is 0.627. The summed E-state index contributed by atoms with van der Waals surface area (Å²) >= 11 is 1.76. The van der Waals surface area contributed by atoms with Crippen molar-refractivity contribution < 1.29 is 4.79 Å². The topological polar surface area (TPSA) is 63.9 Å². The molecule has 7 heteroatoms. The van der Waals surface area contributed by atoms with Crippen molar-refractivity contribution in [3.63, 3.8) is 0 Å². The van der Waals surface area contributed by atoms with E-state index in [0.29, 0.717) is 24.0 Å². The number of hydrogen-bond acceptors (Lipinski definition) is 5. The Morgan fingerprint density at radius 2 is 1.96 bits per heavy atom. The van der Waals surface area contributed by atoms with Crippen LogP contribution in [-0.2, 0) is 6.54 Å². The maximum atomic E-state index is 13.2. The van der Waals surface area contributed by atoms with Crippen LogP contribution in [0, 0.1) is 6.92 Å². The minimum Gasteiger partial charge on any atom is -0.330 e.